The smallest absolute Gasteiger partial charge is 0.229 e. The van der Waals surface area contributed by atoms with E-state index in [4.69, 9.17) is 14.2 Å². The predicted octanol–water partition coefficient (Wildman–Crippen LogP) is 2.72. The van der Waals surface area contributed by atoms with Crippen LogP contribution in [0.2, 0.25) is 0 Å². The van der Waals surface area contributed by atoms with Gasteiger partial charge in [-0.25, -0.2) is 4.39 Å². The first-order chi connectivity index (χ1) is 15.0. The molecule has 0 bridgehead atoms. The Kier molecular flexibility index (Phi) is 5.37. The number of carbonyl (C=O) groups excluding carboxylic acids is 2. The van der Waals surface area contributed by atoms with E-state index in [0.29, 0.717) is 28.5 Å². The molecule has 0 aliphatic carbocycles. The number of aromatic amines is 1. The molecular formula is C21H21FN4O5. The van der Waals surface area contributed by atoms with Gasteiger partial charge in [-0.2, -0.15) is 5.10 Å². The topological polar surface area (TPSA) is 106 Å². The molecule has 0 saturated carbocycles. The highest BCUT2D eigenvalue weighted by atomic mass is 19.1. The fourth-order valence-electron chi connectivity index (χ4n) is 3.69. The van der Waals surface area contributed by atoms with Crippen molar-refractivity contribution in [2.45, 2.75) is 6.42 Å². The average Bonchev–Trinajstić information content (AvgIpc) is 3.37. The van der Waals surface area contributed by atoms with Crippen LogP contribution in [0.15, 0.2) is 30.3 Å². The molecule has 1 fully saturated rings. The van der Waals surface area contributed by atoms with Crippen LogP contribution in [0.1, 0.15) is 6.42 Å². The van der Waals surface area contributed by atoms with Gasteiger partial charge in [0, 0.05) is 30.8 Å². The lowest BCUT2D eigenvalue weighted by Crippen LogP contribution is -2.28. The summed E-state index contributed by atoms with van der Waals surface area (Å²) in [6.45, 7) is 0.0867. The molecule has 10 heteroatoms. The van der Waals surface area contributed by atoms with Crippen molar-refractivity contribution in [2.24, 2.45) is 5.92 Å². The Balaban J connectivity index is 1.55. The molecule has 4 rings (SSSR count). The largest absolute Gasteiger partial charge is 0.493 e. The standard InChI is InChI=1S/C21H21FN4O5/c1-29-15-8-12(9-16(30-2)19(15)31-3)23-21(28)11-7-17(27)26(10-11)20-18-13(22)5-4-6-14(18)24-25-20/h4-6,8-9,11H,7,10H2,1-3H3,(H,23,28)(H,24,25)/t11-/m0/s1. The molecule has 2 aromatic carbocycles. The maximum absolute atomic E-state index is 14.3. The zero-order valence-corrected chi connectivity index (χ0v) is 17.2. The second kappa shape index (κ2) is 8.13. The van der Waals surface area contributed by atoms with Gasteiger partial charge in [-0.05, 0) is 12.1 Å². The van der Waals surface area contributed by atoms with Gasteiger partial charge in [0.15, 0.2) is 17.3 Å². The van der Waals surface area contributed by atoms with E-state index in [1.807, 2.05) is 0 Å². The first-order valence-corrected chi connectivity index (χ1v) is 9.50. The first-order valence-electron chi connectivity index (χ1n) is 9.50. The molecule has 31 heavy (non-hydrogen) atoms. The summed E-state index contributed by atoms with van der Waals surface area (Å²) >= 11 is 0. The fraction of sp³-hybridized carbons (Fsp3) is 0.286. The van der Waals surface area contributed by atoms with E-state index < -0.39 is 11.7 Å². The van der Waals surface area contributed by atoms with Gasteiger partial charge in [0.05, 0.1) is 38.2 Å². The van der Waals surface area contributed by atoms with Gasteiger partial charge in [-0.1, -0.05) is 6.07 Å². The number of amides is 2. The Hall–Kier alpha value is -3.82. The number of hydrogen-bond acceptors (Lipinski definition) is 6. The third kappa shape index (κ3) is 3.60. The average molecular weight is 428 g/mol. The quantitative estimate of drug-likeness (QED) is 0.625. The summed E-state index contributed by atoms with van der Waals surface area (Å²) in [6.07, 6.45) is -0.0148. The van der Waals surface area contributed by atoms with Crippen LogP contribution in [0.25, 0.3) is 10.9 Å². The summed E-state index contributed by atoms with van der Waals surface area (Å²) in [7, 11) is 4.44. The molecule has 1 aliphatic rings. The van der Waals surface area contributed by atoms with Gasteiger partial charge in [0.1, 0.15) is 5.82 Å². The molecule has 1 atom stereocenters. The van der Waals surface area contributed by atoms with Gasteiger partial charge in [0.25, 0.3) is 0 Å². The van der Waals surface area contributed by atoms with Crippen molar-refractivity contribution in [3.05, 3.63) is 36.1 Å². The lowest BCUT2D eigenvalue weighted by atomic mass is 10.1. The summed E-state index contributed by atoms with van der Waals surface area (Å²) < 4.78 is 30.2. The molecule has 3 aromatic rings. The van der Waals surface area contributed by atoms with Gasteiger partial charge in [-0.15, -0.1) is 0 Å². The van der Waals surface area contributed by atoms with Crippen LogP contribution in [0.5, 0.6) is 17.2 Å². The SMILES string of the molecule is COc1cc(NC(=O)[C@H]2CC(=O)N(c3n[nH]c4cccc(F)c34)C2)cc(OC)c1OC. The van der Waals surface area contributed by atoms with Crippen LogP contribution < -0.4 is 24.4 Å². The number of halogens is 1. The number of aromatic nitrogens is 2. The van der Waals surface area contributed by atoms with Crippen molar-refractivity contribution in [1.82, 2.24) is 10.2 Å². The van der Waals surface area contributed by atoms with E-state index in [1.54, 1.807) is 24.3 Å². The van der Waals surface area contributed by atoms with Crippen LogP contribution in [-0.2, 0) is 9.59 Å². The molecule has 9 nitrogen and oxygen atoms in total. The Morgan fingerprint density at radius 3 is 2.55 bits per heavy atom. The number of anilines is 2. The summed E-state index contributed by atoms with van der Waals surface area (Å²) in [5, 5.41) is 9.82. The van der Waals surface area contributed by atoms with E-state index in [-0.39, 0.29) is 36.0 Å². The Labute approximate surface area is 177 Å². The number of fused-ring (bicyclic) bond motifs is 1. The minimum Gasteiger partial charge on any atom is -0.493 e. The third-order valence-corrected chi connectivity index (χ3v) is 5.20. The van der Waals surface area contributed by atoms with Gasteiger partial charge in [-0.3, -0.25) is 19.6 Å². The van der Waals surface area contributed by atoms with E-state index in [1.165, 1.54) is 32.3 Å². The van der Waals surface area contributed by atoms with Gasteiger partial charge >= 0.3 is 0 Å². The maximum Gasteiger partial charge on any atom is 0.229 e. The van der Waals surface area contributed by atoms with Crippen LogP contribution in [0, 0.1) is 11.7 Å². The molecule has 1 saturated heterocycles. The molecular weight excluding hydrogens is 407 g/mol. The number of carbonyl (C=O) groups is 2. The molecule has 2 N–H and O–H groups in total. The molecule has 162 valence electrons. The second-order valence-corrected chi connectivity index (χ2v) is 7.02. The highest BCUT2D eigenvalue weighted by Crippen LogP contribution is 2.40. The number of H-pyrrole nitrogens is 1. The summed E-state index contributed by atoms with van der Waals surface area (Å²) in [6, 6.07) is 7.73. The first kappa shape index (κ1) is 20.5. The second-order valence-electron chi connectivity index (χ2n) is 7.02. The Bertz CT molecular complexity index is 1140. The predicted molar refractivity (Wildman–Crippen MR) is 111 cm³/mol. The van der Waals surface area contributed by atoms with Crippen molar-refractivity contribution < 1.29 is 28.2 Å². The molecule has 1 aliphatic heterocycles. The monoisotopic (exact) mass is 428 g/mol. The van der Waals surface area contributed by atoms with Crippen LogP contribution in [-0.4, -0.2) is 49.9 Å². The van der Waals surface area contributed by atoms with E-state index >= 15 is 0 Å². The highest BCUT2D eigenvalue weighted by Gasteiger charge is 2.37. The van der Waals surface area contributed by atoms with Crippen molar-refractivity contribution >= 4 is 34.2 Å². The summed E-state index contributed by atoms with van der Waals surface area (Å²) in [5.74, 6) is -0.421. The van der Waals surface area contributed by atoms with E-state index in [0.717, 1.165) is 0 Å². The lowest BCUT2D eigenvalue weighted by Gasteiger charge is -2.16. The molecule has 2 amide bonds. The minimum absolute atomic E-state index is 0.0148. The fourth-order valence-corrected chi connectivity index (χ4v) is 3.69. The van der Waals surface area contributed by atoms with Crippen LogP contribution in [0.4, 0.5) is 15.9 Å². The highest BCUT2D eigenvalue weighted by molar-refractivity contribution is 6.07. The zero-order valence-electron chi connectivity index (χ0n) is 17.2. The third-order valence-electron chi connectivity index (χ3n) is 5.20. The molecule has 0 unspecified atom stereocenters. The van der Waals surface area contributed by atoms with Crippen molar-refractivity contribution in [3.8, 4) is 17.2 Å². The van der Waals surface area contributed by atoms with Gasteiger partial charge < -0.3 is 19.5 Å². The molecule has 1 aromatic heterocycles. The number of rotatable bonds is 6. The van der Waals surface area contributed by atoms with E-state index in [2.05, 4.69) is 15.5 Å². The van der Waals surface area contributed by atoms with Crippen molar-refractivity contribution in [2.75, 3.05) is 38.1 Å². The molecule has 2 heterocycles. The number of hydrogen-bond donors (Lipinski definition) is 2. The van der Waals surface area contributed by atoms with Crippen molar-refractivity contribution in [1.29, 1.82) is 0 Å². The van der Waals surface area contributed by atoms with Crippen LogP contribution in [0.3, 0.4) is 0 Å². The minimum atomic E-state index is -0.634. The maximum atomic E-state index is 14.3. The molecule has 0 spiro atoms. The number of methoxy groups -OCH3 is 3. The molecule has 0 radical (unpaired) electrons. The Morgan fingerprint density at radius 1 is 1.19 bits per heavy atom. The van der Waals surface area contributed by atoms with Crippen molar-refractivity contribution in [3.63, 3.8) is 0 Å². The number of nitrogens with one attached hydrogen (secondary N) is 2. The van der Waals surface area contributed by atoms with Gasteiger partial charge in [0.2, 0.25) is 17.6 Å². The number of ether oxygens (including phenoxy) is 3. The van der Waals surface area contributed by atoms with E-state index in [9.17, 15) is 14.0 Å². The summed E-state index contributed by atoms with van der Waals surface area (Å²) in [5.41, 5.74) is 0.912. The lowest BCUT2D eigenvalue weighted by molar-refractivity contribution is -0.122. The number of benzene rings is 2. The Morgan fingerprint density at radius 2 is 1.90 bits per heavy atom. The summed E-state index contributed by atoms with van der Waals surface area (Å²) in [4.78, 5) is 26.8. The zero-order chi connectivity index (χ0) is 22.1. The van der Waals surface area contributed by atoms with Crippen LogP contribution >= 0.6 is 0 Å². The number of nitrogens with zero attached hydrogens (tertiary/aromatic N) is 2. The normalized spacial score (nSPS) is 15.9.